The van der Waals surface area contributed by atoms with Crippen molar-refractivity contribution in [2.24, 2.45) is 0 Å². The summed E-state index contributed by atoms with van der Waals surface area (Å²) in [6, 6.07) is 17.3. The van der Waals surface area contributed by atoms with E-state index in [0.29, 0.717) is 18.7 Å². The van der Waals surface area contributed by atoms with E-state index >= 15 is 0 Å². The number of hydrogen-bond acceptors (Lipinski definition) is 3. The van der Waals surface area contributed by atoms with Gasteiger partial charge in [0.05, 0.1) is 18.1 Å². The second-order valence-corrected chi connectivity index (χ2v) is 7.59. The number of methoxy groups -OCH3 is 1. The number of carbonyl (C=O) groups excluding carboxylic acids is 2. The van der Waals surface area contributed by atoms with E-state index in [0.717, 1.165) is 36.9 Å². The van der Waals surface area contributed by atoms with Crippen molar-refractivity contribution >= 4 is 17.5 Å². The molecule has 1 aliphatic heterocycles. The van der Waals surface area contributed by atoms with Gasteiger partial charge in [-0.2, -0.15) is 0 Å². The zero-order valence-corrected chi connectivity index (χ0v) is 16.2. The molecule has 1 fully saturated rings. The van der Waals surface area contributed by atoms with Gasteiger partial charge in [-0.15, -0.1) is 0 Å². The summed E-state index contributed by atoms with van der Waals surface area (Å²) in [7, 11) is 1.62. The number of ether oxygens (including phenoxy) is 1. The Balaban J connectivity index is 1.85. The average molecular weight is 378 g/mol. The maximum absolute atomic E-state index is 13.6. The first-order valence-corrected chi connectivity index (χ1v) is 9.94. The van der Waals surface area contributed by atoms with E-state index in [1.807, 2.05) is 59.5 Å². The number of amides is 2. The van der Waals surface area contributed by atoms with Crippen molar-refractivity contribution in [2.75, 3.05) is 25.2 Å². The van der Waals surface area contributed by atoms with E-state index in [9.17, 15) is 9.59 Å². The highest BCUT2D eigenvalue weighted by Crippen LogP contribution is 2.51. The zero-order chi connectivity index (χ0) is 19.6. The molecular weight excluding hydrogens is 352 g/mol. The van der Waals surface area contributed by atoms with Crippen molar-refractivity contribution in [1.29, 1.82) is 0 Å². The number of nitrogens with zero attached hydrogens (tertiary/aromatic N) is 1. The van der Waals surface area contributed by atoms with Gasteiger partial charge in [0.25, 0.3) is 5.91 Å². The van der Waals surface area contributed by atoms with Gasteiger partial charge < -0.3 is 15.0 Å². The molecule has 5 heteroatoms. The molecule has 1 unspecified atom stereocenters. The highest BCUT2D eigenvalue weighted by atomic mass is 16.5. The first kappa shape index (κ1) is 18.7. The van der Waals surface area contributed by atoms with Gasteiger partial charge in [0.1, 0.15) is 0 Å². The lowest BCUT2D eigenvalue weighted by molar-refractivity contribution is -0.124. The lowest BCUT2D eigenvalue weighted by atomic mass is 9.70. The summed E-state index contributed by atoms with van der Waals surface area (Å²) < 4.78 is 5.09. The Morgan fingerprint density at radius 1 is 1.11 bits per heavy atom. The molecule has 2 aliphatic rings. The van der Waals surface area contributed by atoms with E-state index in [-0.39, 0.29) is 17.7 Å². The van der Waals surface area contributed by atoms with Crippen LogP contribution in [0.15, 0.2) is 54.6 Å². The monoisotopic (exact) mass is 378 g/mol. The molecule has 1 aliphatic carbocycles. The summed E-state index contributed by atoms with van der Waals surface area (Å²) >= 11 is 0. The van der Waals surface area contributed by atoms with Gasteiger partial charge in [0.2, 0.25) is 5.91 Å². The molecule has 1 spiro atoms. The van der Waals surface area contributed by atoms with Crippen LogP contribution in [0.4, 0.5) is 5.69 Å². The molecule has 2 aromatic carbocycles. The van der Waals surface area contributed by atoms with E-state index in [2.05, 4.69) is 5.32 Å². The van der Waals surface area contributed by atoms with Gasteiger partial charge in [-0.05, 0) is 36.6 Å². The molecule has 5 nitrogen and oxygen atoms in total. The minimum absolute atomic E-state index is 0.00959. The molecule has 0 radical (unpaired) electrons. The first-order valence-electron chi connectivity index (χ1n) is 9.94. The SMILES string of the molecule is COCCNC(=O)C1c2ccccc2C(=O)N(c2ccccc2)C12CCCC2. The highest BCUT2D eigenvalue weighted by Gasteiger charge is 2.56. The Labute approximate surface area is 165 Å². The van der Waals surface area contributed by atoms with Crippen LogP contribution in [0.3, 0.4) is 0 Å². The lowest BCUT2D eigenvalue weighted by Gasteiger charge is -2.50. The molecule has 2 aromatic rings. The zero-order valence-electron chi connectivity index (χ0n) is 16.2. The molecule has 1 N–H and O–H groups in total. The first-order chi connectivity index (χ1) is 13.7. The summed E-state index contributed by atoms with van der Waals surface area (Å²) in [5, 5.41) is 3.03. The topological polar surface area (TPSA) is 58.6 Å². The lowest BCUT2D eigenvalue weighted by Crippen LogP contribution is -2.61. The molecule has 4 rings (SSSR count). The minimum atomic E-state index is -0.524. The fourth-order valence-electron chi connectivity index (χ4n) is 4.90. The Kier molecular flexibility index (Phi) is 5.18. The van der Waals surface area contributed by atoms with Crippen LogP contribution in [0.25, 0.3) is 0 Å². The number of fused-ring (bicyclic) bond motifs is 1. The van der Waals surface area contributed by atoms with Crippen molar-refractivity contribution in [3.8, 4) is 0 Å². The number of anilines is 1. The van der Waals surface area contributed by atoms with Crippen LogP contribution in [-0.2, 0) is 9.53 Å². The number of para-hydroxylation sites is 1. The van der Waals surface area contributed by atoms with Gasteiger partial charge >= 0.3 is 0 Å². The van der Waals surface area contributed by atoms with Gasteiger partial charge in [-0.25, -0.2) is 0 Å². The van der Waals surface area contributed by atoms with Gasteiger partial charge in [0, 0.05) is 24.9 Å². The summed E-state index contributed by atoms with van der Waals surface area (Å²) in [6.07, 6.45) is 3.68. The van der Waals surface area contributed by atoms with Crippen molar-refractivity contribution in [3.63, 3.8) is 0 Å². The van der Waals surface area contributed by atoms with Crippen LogP contribution in [0.2, 0.25) is 0 Å². The Morgan fingerprint density at radius 3 is 2.50 bits per heavy atom. The van der Waals surface area contributed by atoms with Crippen molar-refractivity contribution in [1.82, 2.24) is 5.32 Å². The maximum Gasteiger partial charge on any atom is 0.259 e. The normalized spacial score (nSPS) is 20.2. The number of hydrogen-bond donors (Lipinski definition) is 1. The van der Waals surface area contributed by atoms with Gasteiger partial charge in [-0.1, -0.05) is 49.2 Å². The highest BCUT2D eigenvalue weighted by molar-refractivity contribution is 6.12. The molecule has 146 valence electrons. The second-order valence-electron chi connectivity index (χ2n) is 7.59. The maximum atomic E-state index is 13.6. The fourth-order valence-corrected chi connectivity index (χ4v) is 4.90. The predicted molar refractivity (Wildman–Crippen MR) is 109 cm³/mol. The Hall–Kier alpha value is -2.66. The Morgan fingerprint density at radius 2 is 1.79 bits per heavy atom. The number of carbonyl (C=O) groups is 2. The van der Waals surface area contributed by atoms with E-state index < -0.39 is 5.54 Å². The molecule has 28 heavy (non-hydrogen) atoms. The number of nitrogens with one attached hydrogen (secondary N) is 1. The number of benzene rings is 2. The van der Waals surface area contributed by atoms with Crippen molar-refractivity contribution in [2.45, 2.75) is 37.1 Å². The van der Waals surface area contributed by atoms with Gasteiger partial charge in [0.15, 0.2) is 0 Å². The standard InChI is InChI=1S/C23H26N2O3/c1-28-16-15-24-21(26)20-18-11-5-6-12-19(18)22(27)25(17-9-3-2-4-10-17)23(20)13-7-8-14-23/h2-6,9-12,20H,7-8,13-16H2,1H3,(H,24,26). The molecule has 2 amide bonds. The summed E-state index contributed by atoms with van der Waals surface area (Å²) in [5.74, 6) is -0.426. The van der Waals surface area contributed by atoms with E-state index in [1.54, 1.807) is 7.11 Å². The third-order valence-electron chi connectivity index (χ3n) is 6.04. The molecule has 0 saturated heterocycles. The molecular formula is C23H26N2O3. The van der Waals surface area contributed by atoms with E-state index in [4.69, 9.17) is 4.74 Å². The van der Waals surface area contributed by atoms with Crippen molar-refractivity contribution < 1.29 is 14.3 Å². The van der Waals surface area contributed by atoms with E-state index in [1.165, 1.54) is 0 Å². The molecule has 1 heterocycles. The summed E-state index contributed by atoms with van der Waals surface area (Å²) in [4.78, 5) is 28.9. The van der Waals surface area contributed by atoms with Gasteiger partial charge in [-0.3, -0.25) is 9.59 Å². The predicted octanol–water partition coefficient (Wildman–Crippen LogP) is 3.51. The van der Waals surface area contributed by atoms with Crippen LogP contribution in [0, 0.1) is 0 Å². The minimum Gasteiger partial charge on any atom is -0.383 e. The largest absolute Gasteiger partial charge is 0.383 e. The second kappa shape index (κ2) is 7.76. The molecule has 1 saturated carbocycles. The quantitative estimate of drug-likeness (QED) is 0.810. The Bertz CT molecular complexity index is 859. The summed E-state index contributed by atoms with van der Waals surface area (Å²) in [6.45, 7) is 0.928. The fraction of sp³-hybridized carbons (Fsp3) is 0.391. The third kappa shape index (κ3) is 3.00. The smallest absolute Gasteiger partial charge is 0.259 e. The van der Waals surface area contributed by atoms with Crippen LogP contribution in [0.5, 0.6) is 0 Å². The van der Waals surface area contributed by atoms with Crippen LogP contribution in [-0.4, -0.2) is 37.6 Å². The summed E-state index contributed by atoms with van der Waals surface area (Å²) in [5.41, 5.74) is 1.80. The molecule has 1 atom stereocenters. The van der Waals surface area contributed by atoms with Crippen LogP contribution < -0.4 is 10.2 Å². The number of rotatable bonds is 5. The average Bonchev–Trinajstić information content (AvgIpc) is 3.18. The molecule has 0 aromatic heterocycles. The van der Waals surface area contributed by atoms with Crippen LogP contribution >= 0.6 is 0 Å². The third-order valence-corrected chi connectivity index (χ3v) is 6.04. The molecule has 0 bridgehead atoms. The van der Waals surface area contributed by atoms with Crippen LogP contribution in [0.1, 0.15) is 47.5 Å². The van der Waals surface area contributed by atoms with Crippen molar-refractivity contribution in [3.05, 3.63) is 65.7 Å².